The van der Waals surface area contributed by atoms with E-state index < -0.39 is 0 Å². The molecule has 1 aromatic rings. The predicted octanol–water partition coefficient (Wildman–Crippen LogP) is 0.515. The summed E-state index contributed by atoms with van der Waals surface area (Å²) in [7, 11) is 1.70. The zero-order chi connectivity index (χ0) is 10.8. The third kappa shape index (κ3) is 2.92. The molecule has 0 radical (unpaired) electrons. The highest BCUT2D eigenvalue weighted by Gasteiger charge is 2.16. The van der Waals surface area contributed by atoms with E-state index in [1.54, 1.807) is 7.05 Å². The van der Waals surface area contributed by atoms with E-state index in [9.17, 15) is 4.79 Å². The van der Waals surface area contributed by atoms with Crippen molar-refractivity contribution in [2.24, 2.45) is 12.8 Å². The molecule has 0 atom stereocenters. The largest absolute Gasteiger partial charge is 0.326 e. The molecule has 0 bridgehead atoms. The standard InChI is InChI=1S/C9H16N4O/c1-9(2,10)5-4-8(14)7-6-11-12-13(7)3/h6H,4-5,10H2,1-3H3. The number of hydrogen-bond acceptors (Lipinski definition) is 4. The lowest BCUT2D eigenvalue weighted by Gasteiger charge is -2.17. The van der Waals surface area contributed by atoms with Crippen LogP contribution in [0.5, 0.6) is 0 Å². The van der Waals surface area contributed by atoms with Crippen LogP contribution in [-0.2, 0) is 7.05 Å². The summed E-state index contributed by atoms with van der Waals surface area (Å²) in [4.78, 5) is 11.6. The van der Waals surface area contributed by atoms with E-state index in [1.807, 2.05) is 13.8 Å². The normalized spacial score (nSPS) is 11.7. The third-order valence-corrected chi connectivity index (χ3v) is 2.00. The lowest BCUT2D eigenvalue weighted by Crippen LogP contribution is -2.32. The van der Waals surface area contributed by atoms with Gasteiger partial charge in [0.15, 0.2) is 5.78 Å². The Kier molecular flexibility index (Phi) is 3.00. The van der Waals surface area contributed by atoms with E-state index in [-0.39, 0.29) is 11.3 Å². The quantitative estimate of drug-likeness (QED) is 0.712. The number of ketones is 1. The van der Waals surface area contributed by atoms with Crippen molar-refractivity contribution < 1.29 is 4.79 Å². The Morgan fingerprint density at radius 2 is 2.29 bits per heavy atom. The highest BCUT2D eigenvalue weighted by molar-refractivity contribution is 5.94. The Hall–Kier alpha value is -1.23. The van der Waals surface area contributed by atoms with Crippen LogP contribution < -0.4 is 5.73 Å². The Labute approximate surface area is 83.3 Å². The van der Waals surface area contributed by atoms with Crippen molar-refractivity contribution in [1.82, 2.24) is 15.0 Å². The summed E-state index contributed by atoms with van der Waals surface area (Å²) in [5, 5.41) is 7.34. The molecule has 5 nitrogen and oxygen atoms in total. The van der Waals surface area contributed by atoms with Crippen LogP contribution in [0.1, 0.15) is 37.2 Å². The first-order valence-electron chi connectivity index (χ1n) is 4.57. The fourth-order valence-electron chi connectivity index (χ4n) is 1.11. The topological polar surface area (TPSA) is 73.8 Å². The molecule has 0 aliphatic carbocycles. The van der Waals surface area contributed by atoms with Gasteiger partial charge in [-0.05, 0) is 20.3 Å². The molecule has 0 unspecified atom stereocenters. The molecule has 1 heterocycles. The van der Waals surface area contributed by atoms with Crippen molar-refractivity contribution in [3.63, 3.8) is 0 Å². The summed E-state index contributed by atoms with van der Waals surface area (Å²) in [5.41, 5.74) is 6.02. The molecular formula is C9H16N4O. The number of nitrogens with zero attached hydrogens (tertiary/aromatic N) is 3. The summed E-state index contributed by atoms with van der Waals surface area (Å²) >= 11 is 0. The van der Waals surface area contributed by atoms with Crippen LogP contribution in [0.4, 0.5) is 0 Å². The molecule has 0 amide bonds. The van der Waals surface area contributed by atoms with E-state index in [0.717, 1.165) is 0 Å². The Morgan fingerprint density at radius 1 is 1.64 bits per heavy atom. The highest BCUT2D eigenvalue weighted by atomic mass is 16.1. The zero-order valence-electron chi connectivity index (χ0n) is 8.82. The number of nitrogens with two attached hydrogens (primary N) is 1. The van der Waals surface area contributed by atoms with Gasteiger partial charge in [0.2, 0.25) is 0 Å². The Morgan fingerprint density at radius 3 is 2.71 bits per heavy atom. The molecule has 5 heteroatoms. The van der Waals surface area contributed by atoms with Gasteiger partial charge >= 0.3 is 0 Å². The first-order chi connectivity index (χ1) is 6.40. The monoisotopic (exact) mass is 196 g/mol. The molecule has 0 aromatic carbocycles. The molecule has 1 aromatic heterocycles. The molecule has 0 aliphatic heterocycles. The van der Waals surface area contributed by atoms with E-state index in [2.05, 4.69) is 10.3 Å². The first-order valence-corrected chi connectivity index (χ1v) is 4.57. The molecule has 0 spiro atoms. The van der Waals surface area contributed by atoms with Gasteiger partial charge in [0, 0.05) is 19.0 Å². The van der Waals surface area contributed by atoms with Gasteiger partial charge in [0.25, 0.3) is 0 Å². The van der Waals surface area contributed by atoms with Crippen molar-refractivity contribution in [1.29, 1.82) is 0 Å². The summed E-state index contributed by atoms with van der Waals surface area (Å²) in [6, 6.07) is 0. The maximum atomic E-state index is 11.6. The van der Waals surface area contributed by atoms with Gasteiger partial charge in [-0.15, -0.1) is 5.10 Å². The van der Waals surface area contributed by atoms with Gasteiger partial charge < -0.3 is 5.73 Å². The highest BCUT2D eigenvalue weighted by Crippen LogP contribution is 2.10. The molecule has 1 rings (SSSR count). The molecule has 0 saturated heterocycles. The van der Waals surface area contributed by atoms with Crippen LogP contribution in [0.25, 0.3) is 0 Å². The minimum atomic E-state index is -0.304. The number of aryl methyl sites for hydroxylation is 1. The van der Waals surface area contributed by atoms with Gasteiger partial charge in [-0.1, -0.05) is 5.21 Å². The van der Waals surface area contributed by atoms with Crippen molar-refractivity contribution in [2.45, 2.75) is 32.2 Å². The molecule has 0 aliphatic rings. The summed E-state index contributed by atoms with van der Waals surface area (Å²) in [6.45, 7) is 3.81. The van der Waals surface area contributed by atoms with Crippen LogP contribution in [0.3, 0.4) is 0 Å². The van der Waals surface area contributed by atoms with Crippen LogP contribution in [0.15, 0.2) is 6.20 Å². The average Bonchev–Trinajstić information content (AvgIpc) is 2.46. The summed E-state index contributed by atoms with van der Waals surface area (Å²) < 4.78 is 1.48. The van der Waals surface area contributed by atoms with Crippen LogP contribution in [0, 0.1) is 0 Å². The number of carbonyl (C=O) groups is 1. The average molecular weight is 196 g/mol. The predicted molar refractivity (Wildman–Crippen MR) is 52.8 cm³/mol. The molecule has 0 saturated carbocycles. The van der Waals surface area contributed by atoms with E-state index >= 15 is 0 Å². The molecule has 14 heavy (non-hydrogen) atoms. The maximum absolute atomic E-state index is 11.6. The molecule has 0 fully saturated rings. The van der Waals surface area contributed by atoms with Gasteiger partial charge in [-0.2, -0.15) is 0 Å². The van der Waals surface area contributed by atoms with Crippen LogP contribution >= 0.6 is 0 Å². The maximum Gasteiger partial charge on any atom is 0.182 e. The van der Waals surface area contributed by atoms with Crippen LogP contribution in [-0.4, -0.2) is 26.3 Å². The van der Waals surface area contributed by atoms with Crippen LogP contribution in [0.2, 0.25) is 0 Å². The number of aromatic nitrogens is 3. The summed E-state index contributed by atoms with van der Waals surface area (Å²) in [6.07, 6.45) is 2.58. The lowest BCUT2D eigenvalue weighted by atomic mass is 9.98. The molecule has 78 valence electrons. The second-order valence-electron chi connectivity index (χ2n) is 4.15. The smallest absolute Gasteiger partial charge is 0.182 e. The number of carbonyl (C=O) groups excluding carboxylic acids is 1. The second-order valence-corrected chi connectivity index (χ2v) is 4.15. The van der Waals surface area contributed by atoms with E-state index in [0.29, 0.717) is 18.5 Å². The summed E-state index contributed by atoms with van der Waals surface area (Å²) in [5.74, 6) is 0.0380. The van der Waals surface area contributed by atoms with Crippen molar-refractivity contribution >= 4 is 5.78 Å². The third-order valence-electron chi connectivity index (χ3n) is 2.00. The number of hydrogen-bond donors (Lipinski definition) is 1. The molecule has 2 N–H and O–H groups in total. The second kappa shape index (κ2) is 3.88. The Balaban J connectivity index is 2.56. The zero-order valence-corrected chi connectivity index (χ0v) is 8.82. The fourth-order valence-corrected chi connectivity index (χ4v) is 1.11. The number of Topliss-reactive ketones (excluding diaryl/α,β-unsaturated/α-hetero) is 1. The molecular weight excluding hydrogens is 180 g/mol. The van der Waals surface area contributed by atoms with Crippen molar-refractivity contribution in [3.8, 4) is 0 Å². The minimum Gasteiger partial charge on any atom is -0.326 e. The Bertz CT molecular complexity index is 324. The minimum absolute atomic E-state index is 0.0380. The van der Waals surface area contributed by atoms with Crippen molar-refractivity contribution in [3.05, 3.63) is 11.9 Å². The fraction of sp³-hybridized carbons (Fsp3) is 0.667. The van der Waals surface area contributed by atoms with Gasteiger partial charge in [-0.25, -0.2) is 4.68 Å². The van der Waals surface area contributed by atoms with E-state index in [4.69, 9.17) is 5.73 Å². The number of rotatable bonds is 4. The lowest BCUT2D eigenvalue weighted by molar-refractivity contribution is 0.0963. The van der Waals surface area contributed by atoms with Gasteiger partial charge in [-0.3, -0.25) is 4.79 Å². The van der Waals surface area contributed by atoms with Gasteiger partial charge in [0.1, 0.15) is 5.69 Å². The van der Waals surface area contributed by atoms with Gasteiger partial charge in [0.05, 0.1) is 6.20 Å². The SMILES string of the molecule is Cn1nncc1C(=O)CCC(C)(C)N. The van der Waals surface area contributed by atoms with E-state index in [1.165, 1.54) is 10.9 Å². The van der Waals surface area contributed by atoms with Crippen molar-refractivity contribution in [2.75, 3.05) is 0 Å². The first kappa shape index (κ1) is 10.8.